The second kappa shape index (κ2) is 7.47. The summed E-state index contributed by atoms with van der Waals surface area (Å²) in [5.41, 5.74) is 5.54. The van der Waals surface area contributed by atoms with Gasteiger partial charge in [-0.15, -0.1) is 0 Å². The van der Waals surface area contributed by atoms with Crippen LogP contribution in [0.25, 0.3) is 0 Å². The van der Waals surface area contributed by atoms with E-state index in [1.54, 1.807) is 12.0 Å². The first kappa shape index (κ1) is 16.8. The van der Waals surface area contributed by atoms with Crippen molar-refractivity contribution in [3.63, 3.8) is 0 Å². The van der Waals surface area contributed by atoms with Crippen LogP contribution >= 0.6 is 0 Å². The second-order valence-electron chi connectivity index (χ2n) is 6.09. The summed E-state index contributed by atoms with van der Waals surface area (Å²) in [5, 5.41) is 11.5. The molecular weight excluding hydrogens is 258 g/mol. The van der Waals surface area contributed by atoms with Crippen molar-refractivity contribution in [2.75, 3.05) is 26.8 Å². The number of amidine groups is 1. The molecule has 1 aliphatic carbocycles. The summed E-state index contributed by atoms with van der Waals surface area (Å²) in [6, 6.07) is 0. The first-order valence-electron chi connectivity index (χ1n) is 7.16. The summed E-state index contributed by atoms with van der Waals surface area (Å²) in [7, 11) is 1.62. The van der Waals surface area contributed by atoms with Gasteiger partial charge in [0.05, 0.1) is 6.61 Å². The van der Waals surface area contributed by atoms with Crippen molar-refractivity contribution < 1.29 is 14.7 Å². The highest BCUT2D eigenvalue weighted by atomic mass is 16.5. The van der Waals surface area contributed by atoms with E-state index >= 15 is 0 Å². The normalized spacial score (nSPS) is 21.9. The molecule has 0 aromatic heterocycles. The maximum Gasteiger partial charge on any atom is 0.226 e. The molecule has 6 nitrogen and oxygen atoms in total. The molecule has 20 heavy (non-hydrogen) atoms. The van der Waals surface area contributed by atoms with Crippen LogP contribution in [-0.4, -0.2) is 48.7 Å². The number of nitrogens with zero attached hydrogens (tertiary/aromatic N) is 2. The molecule has 0 spiro atoms. The lowest BCUT2D eigenvalue weighted by Gasteiger charge is -2.32. The van der Waals surface area contributed by atoms with Crippen LogP contribution in [0.4, 0.5) is 0 Å². The van der Waals surface area contributed by atoms with Gasteiger partial charge in [0.1, 0.15) is 5.84 Å². The Morgan fingerprint density at radius 3 is 2.70 bits per heavy atom. The summed E-state index contributed by atoms with van der Waals surface area (Å²) in [4.78, 5) is 14.5. The van der Waals surface area contributed by atoms with Crippen molar-refractivity contribution in [3.8, 4) is 0 Å². The maximum absolute atomic E-state index is 12.7. The fourth-order valence-corrected chi connectivity index (χ4v) is 2.84. The molecule has 1 aliphatic rings. The number of methoxy groups -OCH3 is 1. The molecule has 1 saturated carbocycles. The summed E-state index contributed by atoms with van der Waals surface area (Å²) in [5.74, 6) is 0.368. The van der Waals surface area contributed by atoms with Gasteiger partial charge in [-0.25, -0.2) is 0 Å². The lowest BCUT2D eigenvalue weighted by Crippen LogP contribution is -2.43. The number of oxime groups is 1. The first-order chi connectivity index (χ1) is 9.42. The van der Waals surface area contributed by atoms with E-state index in [0.29, 0.717) is 26.1 Å². The molecule has 1 unspecified atom stereocenters. The molecule has 1 rings (SSSR count). The van der Waals surface area contributed by atoms with Crippen LogP contribution in [0.5, 0.6) is 0 Å². The van der Waals surface area contributed by atoms with Gasteiger partial charge < -0.3 is 20.6 Å². The third-order valence-electron chi connectivity index (χ3n) is 4.20. The minimum absolute atomic E-state index is 0.0546. The molecule has 1 atom stereocenters. The number of ether oxygens (including phenoxy) is 1. The highest BCUT2D eigenvalue weighted by Crippen LogP contribution is 2.43. The average Bonchev–Trinajstić information content (AvgIpc) is 2.77. The Labute approximate surface area is 120 Å². The number of rotatable bonds is 7. The molecule has 0 heterocycles. The monoisotopic (exact) mass is 285 g/mol. The molecule has 1 fully saturated rings. The maximum atomic E-state index is 12.7. The number of hydrogen-bond donors (Lipinski definition) is 2. The molecule has 0 aromatic rings. The standard InChI is InChI=1S/C14H27N3O3/c1-14(2)7-4-5-11(14)13(18)17(9-10-20-3)8-6-12(15)16-19/h11,19H,4-10H2,1-3H3,(H2,15,16). The minimum Gasteiger partial charge on any atom is -0.409 e. The molecular formula is C14H27N3O3. The summed E-state index contributed by atoms with van der Waals surface area (Å²) < 4.78 is 5.07. The molecule has 3 N–H and O–H groups in total. The molecule has 0 bridgehead atoms. The van der Waals surface area contributed by atoms with Crippen LogP contribution in [0.2, 0.25) is 0 Å². The van der Waals surface area contributed by atoms with Gasteiger partial charge in [-0.05, 0) is 18.3 Å². The van der Waals surface area contributed by atoms with Crippen molar-refractivity contribution in [2.24, 2.45) is 22.2 Å². The largest absolute Gasteiger partial charge is 0.409 e. The average molecular weight is 285 g/mol. The minimum atomic E-state index is 0.0546. The van der Waals surface area contributed by atoms with Crippen LogP contribution in [0.1, 0.15) is 39.5 Å². The summed E-state index contributed by atoms with van der Waals surface area (Å²) >= 11 is 0. The van der Waals surface area contributed by atoms with Gasteiger partial charge >= 0.3 is 0 Å². The van der Waals surface area contributed by atoms with Gasteiger partial charge in [-0.1, -0.05) is 25.4 Å². The van der Waals surface area contributed by atoms with Gasteiger partial charge in [-0.2, -0.15) is 0 Å². The van der Waals surface area contributed by atoms with Crippen LogP contribution in [-0.2, 0) is 9.53 Å². The van der Waals surface area contributed by atoms with Crippen molar-refractivity contribution in [2.45, 2.75) is 39.5 Å². The SMILES string of the molecule is COCCN(CCC(N)=NO)C(=O)C1CCCC1(C)C. The lowest BCUT2D eigenvalue weighted by molar-refractivity contribution is -0.138. The zero-order valence-electron chi connectivity index (χ0n) is 12.8. The van der Waals surface area contributed by atoms with Gasteiger partial charge in [0.2, 0.25) is 5.91 Å². The Bertz CT molecular complexity index is 356. The van der Waals surface area contributed by atoms with E-state index < -0.39 is 0 Å². The van der Waals surface area contributed by atoms with E-state index in [4.69, 9.17) is 15.7 Å². The van der Waals surface area contributed by atoms with Crippen molar-refractivity contribution in [1.29, 1.82) is 0 Å². The van der Waals surface area contributed by atoms with E-state index in [1.165, 1.54) is 0 Å². The van der Waals surface area contributed by atoms with Crippen molar-refractivity contribution in [1.82, 2.24) is 4.90 Å². The summed E-state index contributed by atoms with van der Waals surface area (Å²) in [6.07, 6.45) is 3.50. The van der Waals surface area contributed by atoms with Crippen molar-refractivity contribution >= 4 is 11.7 Å². The number of carbonyl (C=O) groups excluding carboxylic acids is 1. The zero-order chi connectivity index (χ0) is 15.2. The molecule has 0 aliphatic heterocycles. The molecule has 6 heteroatoms. The van der Waals surface area contributed by atoms with E-state index in [-0.39, 0.29) is 23.1 Å². The van der Waals surface area contributed by atoms with Crippen LogP contribution < -0.4 is 5.73 Å². The second-order valence-corrected chi connectivity index (χ2v) is 6.09. The Hall–Kier alpha value is -1.30. The Balaban J connectivity index is 2.68. The van der Waals surface area contributed by atoms with Crippen LogP contribution in [0.3, 0.4) is 0 Å². The third-order valence-corrected chi connectivity index (χ3v) is 4.20. The van der Waals surface area contributed by atoms with E-state index in [1.807, 2.05) is 0 Å². The predicted octanol–water partition coefficient (Wildman–Crippen LogP) is 1.42. The number of hydrogen-bond acceptors (Lipinski definition) is 4. The van der Waals surface area contributed by atoms with E-state index in [2.05, 4.69) is 19.0 Å². The third kappa shape index (κ3) is 4.37. The zero-order valence-corrected chi connectivity index (χ0v) is 12.8. The summed E-state index contributed by atoms with van der Waals surface area (Å²) in [6.45, 7) is 5.81. The highest BCUT2D eigenvalue weighted by molar-refractivity contribution is 5.82. The van der Waals surface area contributed by atoms with Gasteiger partial charge in [-0.3, -0.25) is 4.79 Å². The Morgan fingerprint density at radius 1 is 1.50 bits per heavy atom. The number of nitrogens with two attached hydrogens (primary N) is 1. The van der Waals surface area contributed by atoms with Gasteiger partial charge in [0, 0.05) is 32.5 Å². The van der Waals surface area contributed by atoms with Crippen LogP contribution in [0, 0.1) is 11.3 Å². The van der Waals surface area contributed by atoms with E-state index in [9.17, 15) is 4.79 Å². The topological polar surface area (TPSA) is 88.2 Å². The molecule has 116 valence electrons. The van der Waals surface area contributed by atoms with Crippen LogP contribution in [0.15, 0.2) is 5.16 Å². The Kier molecular flexibility index (Phi) is 6.26. The Morgan fingerprint density at radius 2 is 2.20 bits per heavy atom. The van der Waals surface area contributed by atoms with Gasteiger partial charge in [0.25, 0.3) is 0 Å². The predicted molar refractivity (Wildman–Crippen MR) is 77.6 cm³/mol. The quantitative estimate of drug-likeness (QED) is 0.320. The van der Waals surface area contributed by atoms with Crippen molar-refractivity contribution in [3.05, 3.63) is 0 Å². The number of amides is 1. The van der Waals surface area contributed by atoms with Gasteiger partial charge in [0.15, 0.2) is 0 Å². The lowest BCUT2D eigenvalue weighted by atomic mass is 9.81. The smallest absolute Gasteiger partial charge is 0.226 e. The molecule has 0 aromatic carbocycles. The first-order valence-corrected chi connectivity index (χ1v) is 7.16. The number of carbonyl (C=O) groups is 1. The fraction of sp³-hybridized carbons (Fsp3) is 0.857. The molecule has 0 radical (unpaired) electrons. The molecule has 1 amide bonds. The highest BCUT2D eigenvalue weighted by Gasteiger charge is 2.40. The van der Waals surface area contributed by atoms with E-state index in [0.717, 1.165) is 19.3 Å². The fourth-order valence-electron chi connectivity index (χ4n) is 2.84. The molecule has 0 saturated heterocycles.